The van der Waals surface area contributed by atoms with Crippen LogP contribution in [0.3, 0.4) is 0 Å². The van der Waals surface area contributed by atoms with E-state index in [-0.39, 0.29) is 0 Å². The number of carbonyl (C=O) groups is 1. The van der Waals surface area contributed by atoms with Crippen molar-refractivity contribution < 1.29 is 30.3 Å². The first-order valence-electron chi connectivity index (χ1n) is 5.06. The number of hydrogen-bond acceptors (Lipinski definition) is 6. The number of nitrogens with one attached hydrogen (secondary N) is 1. The molecule has 0 aromatic carbocycles. The highest BCUT2D eigenvalue weighted by Crippen LogP contribution is 2.05. The lowest BCUT2D eigenvalue weighted by atomic mass is 10.0. The molecular formula is C9H19NO6. The number of aliphatic hydroxyl groups excluding tert-OH is 5. The summed E-state index contributed by atoms with van der Waals surface area (Å²) in [7, 11) is 0. The molecular weight excluding hydrogens is 218 g/mol. The van der Waals surface area contributed by atoms with Gasteiger partial charge >= 0.3 is 0 Å². The first-order chi connectivity index (χ1) is 7.45. The fraction of sp³-hybridized carbons (Fsp3) is 0.889. The molecule has 96 valence electrons. The molecule has 0 bridgehead atoms. The van der Waals surface area contributed by atoms with Crippen molar-refractivity contribution in [2.75, 3.05) is 13.2 Å². The summed E-state index contributed by atoms with van der Waals surface area (Å²) in [6, 6.07) is 0. The van der Waals surface area contributed by atoms with Gasteiger partial charge in [-0.1, -0.05) is 6.92 Å². The van der Waals surface area contributed by atoms with E-state index in [1.54, 1.807) is 0 Å². The number of rotatable bonds is 7. The van der Waals surface area contributed by atoms with Crippen molar-refractivity contribution in [1.82, 2.24) is 5.32 Å². The van der Waals surface area contributed by atoms with E-state index in [0.717, 1.165) is 0 Å². The van der Waals surface area contributed by atoms with Crippen LogP contribution in [0.1, 0.15) is 13.3 Å². The van der Waals surface area contributed by atoms with Crippen molar-refractivity contribution in [3.63, 3.8) is 0 Å². The maximum absolute atomic E-state index is 11.2. The predicted octanol–water partition coefficient (Wildman–Crippen LogP) is -3.05. The molecule has 1 amide bonds. The number of carbonyl (C=O) groups excluding carboxylic acids is 1. The highest BCUT2D eigenvalue weighted by molar-refractivity contribution is 5.81. The van der Waals surface area contributed by atoms with E-state index in [0.29, 0.717) is 13.0 Å². The van der Waals surface area contributed by atoms with E-state index in [9.17, 15) is 20.1 Å². The lowest BCUT2D eigenvalue weighted by Gasteiger charge is -2.24. The van der Waals surface area contributed by atoms with Crippen LogP contribution in [0.15, 0.2) is 0 Å². The molecule has 0 aliphatic carbocycles. The molecule has 6 N–H and O–H groups in total. The number of aliphatic hydroxyl groups is 5. The lowest BCUT2D eigenvalue weighted by molar-refractivity contribution is -0.148. The van der Waals surface area contributed by atoms with Crippen LogP contribution < -0.4 is 5.32 Å². The van der Waals surface area contributed by atoms with Gasteiger partial charge < -0.3 is 30.8 Å². The smallest absolute Gasteiger partial charge is 0.251 e. The zero-order valence-corrected chi connectivity index (χ0v) is 9.08. The first-order valence-corrected chi connectivity index (χ1v) is 5.06. The van der Waals surface area contributed by atoms with E-state index < -0.39 is 36.9 Å². The van der Waals surface area contributed by atoms with E-state index in [2.05, 4.69) is 5.32 Å². The Morgan fingerprint density at radius 3 is 2.19 bits per heavy atom. The van der Waals surface area contributed by atoms with Gasteiger partial charge in [0.2, 0.25) is 0 Å². The molecule has 0 aromatic rings. The van der Waals surface area contributed by atoms with Gasteiger partial charge in [0, 0.05) is 6.54 Å². The maximum atomic E-state index is 11.2. The monoisotopic (exact) mass is 237 g/mol. The Hall–Kier alpha value is -0.730. The molecule has 0 aliphatic heterocycles. The molecule has 0 spiro atoms. The summed E-state index contributed by atoms with van der Waals surface area (Å²) < 4.78 is 0. The molecule has 0 rings (SSSR count). The van der Waals surface area contributed by atoms with Crippen LogP contribution in [0.4, 0.5) is 0 Å². The molecule has 0 fully saturated rings. The second-order valence-corrected chi connectivity index (χ2v) is 3.47. The maximum Gasteiger partial charge on any atom is 0.251 e. The Labute approximate surface area is 93.3 Å². The van der Waals surface area contributed by atoms with Gasteiger partial charge in [-0.05, 0) is 6.42 Å². The molecule has 4 atom stereocenters. The first kappa shape index (κ1) is 15.3. The van der Waals surface area contributed by atoms with Crippen LogP contribution >= 0.6 is 0 Å². The van der Waals surface area contributed by atoms with Crippen molar-refractivity contribution in [2.45, 2.75) is 37.8 Å². The predicted molar refractivity (Wildman–Crippen MR) is 54.4 cm³/mol. The van der Waals surface area contributed by atoms with E-state index in [1.165, 1.54) is 0 Å². The van der Waals surface area contributed by atoms with Crippen LogP contribution in [-0.4, -0.2) is 69.0 Å². The minimum absolute atomic E-state index is 0.335. The Morgan fingerprint density at radius 1 is 1.19 bits per heavy atom. The van der Waals surface area contributed by atoms with Gasteiger partial charge in [-0.25, -0.2) is 0 Å². The van der Waals surface area contributed by atoms with Crippen LogP contribution in [-0.2, 0) is 4.79 Å². The van der Waals surface area contributed by atoms with Crippen LogP contribution in [0.5, 0.6) is 0 Å². The summed E-state index contributed by atoms with van der Waals surface area (Å²) in [5.74, 6) is -0.835. The van der Waals surface area contributed by atoms with Crippen molar-refractivity contribution in [1.29, 1.82) is 0 Å². The van der Waals surface area contributed by atoms with Crippen LogP contribution in [0.25, 0.3) is 0 Å². The topological polar surface area (TPSA) is 130 Å². The van der Waals surface area contributed by atoms with Gasteiger partial charge in [0.1, 0.15) is 18.3 Å². The second kappa shape index (κ2) is 7.53. The van der Waals surface area contributed by atoms with E-state index >= 15 is 0 Å². The highest BCUT2D eigenvalue weighted by Gasteiger charge is 2.33. The summed E-state index contributed by atoms with van der Waals surface area (Å²) >= 11 is 0. The Bertz CT molecular complexity index is 212. The summed E-state index contributed by atoms with van der Waals surface area (Å²) in [4.78, 5) is 11.2. The fourth-order valence-electron chi connectivity index (χ4n) is 1.03. The highest BCUT2D eigenvalue weighted by atomic mass is 16.4. The SMILES string of the molecule is CCCNC(=O)C(O)C(O)C(O)C(O)CO. The molecule has 4 unspecified atom stereocenters. The fourth-order valence-corrected chi connectivity index (χ4v) is 1.03. The van der Waals surface area contributed by atoms with Crippen molar-refractivity contribution in [2.24, 2.45) is 0 Å². The largest absolute Gasteiger partial charge is 0.394 e. The molecule has 0 heterocycles. The standard InChI is InChI=1S/C9H19NO6/c1-2-3-10-9(16)8(15)7(14)6(13)5(12)4-11/h5-8,11-15H,2-4H2,1H3,(H,10,16). The zero-order valence-electron chi connectivity index (χ0n) is 9.08. The van der Waals surface area contributed by atoms with Gasteiger partial charge in [0.15, 0.2) is 6.10 Å². The van der Waals surface area contributed by atoms with Gasteiger partial charge in [0.05, 0.1) is 6.61 Å². The quantitative estimate of drug-likeness (QED) is 0.279. The molecule has 7 nitrogen and oxygen atoms in total. The minimum atomic E-state index is -1.85. The third-order valence-corrected chi connectivity index (χ3v) is 2.07. The summed E-state index contributed by atoms with van der Waals surface area (Å²) in [6.45, 7) is 1.37. The van der Waals surface area contributed by atoms with Gasteiger partial charge in [-0.2, -0.15) is 0 Å². The van der Waals surface area contributed by atoms with E-state index in [1.807, 2.05) is 6.92 Å². The number of hydrogen-bond donors (Lipinski definition) is 6. The number of amides is 1. The normalized spacial score (nSPS) is 18.6. The molecule has 0 aliphatic rings. The summed E-state index contributed by atoms with van der Waals surface area (Å²) in [5.41, 5.74) is 0. The van der Waals surface area contributed by atoms with Gasteiger partial charge in [-0.3, -0.25) is 4.79 Å². The Balaban J connectivity index is 4.25. The average molecular weight is 237 g/mol. The van der Waals surface area contributed by atoms with E-state index in [4.69, 9.17) is 10.2 Å². The third-order valence-electron chi connectivity index (χ3n) is 2.07. The van der Waals surface area contributed by atoms with Crippen LogP contribution in [0, 0.1) is 0 Å². The van der Waals surface area contributed by atoms with Gasteiger partial charge in [0.25, 0.3) is 5.91 Å². The summed E-state index contributed by atoms with van der Waals surface area (Å²) in [6.07, 6.45) is -6.42. The van der Waals surface area contributed by atoms with Crippen molar-refractivity contribution in [3.8, 4) is 0 Å². The Kier molecular flexibility index (Phi) is 7.18. The van der Waals surface area contributed by atoms with Crippen molar-refractivity contribution in [3.05, 3.63) is 0 Å². The lowest BCUT2D eigenvalue weighted by Crippen LogP contribution is -2.51. The Morgan fingerprint density at radius 2 is 1.75 bits per heavy atom. The summed E-state index contributed by atoms with van der Waals surface area (Å²) in [5, 5.41) is 47.7. The average Bonchev–Trinajstić information content (AvgIpc) is 2.31. The van der Waals surface area contributed by atoms with Crippen LogP contribution in [0.2, 0.25) is 0 Å². The molecule has 0 saturated carbocycles. The molecule has 0 saturated heterocycles. The third kappa shape index (κ3) is 4.42. The molecule has 0 aromatic heterocycles. The van der Waals surface area contributed by atoms with Crippen molar-refractivity contribution >= 4 is 5.91 Å². The minimum Gasteiger partial charge on any atom is -0.394 e. The zero-order chi connectivity index (χ0) is 12.7. The second-order valence-electron chi connectivity index (χ2n) is 3.47. The van der Waals surface area contributed by atoms with Gasteiger partial charge in [-0.15, -0.1) is 0 Å². The molecule has 7 heteroatoms. The molecule has 0 radical (unpaired) electrons. The molecule has 16 heavy (non-hydrogen) atoms.